The lowest BCUT2D eigenvalue weighted by atomic mass is 9.94. The van der Waals surface area contributed by atoms with Gasteiger partial charge in [0, 0.05) is 38.2 Å². The second kappa shape index (κ2) is 12.1. The Bertz CT molecular complexity index is 1370. The Labute approximate surface area is 239 Å². The number of carbonyl (C=O) groups excluding carboxylic acids is 3. The van der Waals surface area contributed by atoms with Gasteiger partial charge in [-0.1, -0.05) is 41.9 Å². The first-order valence-electron chi connectivity index (χ1n) is 13.1. The van der Waals surface area contributed by atoms with Crippen molar-refractivity contribution in [3.8, 4) is 0 Å². The molecule has 10 heteroatoms. The van der Waals surface area contributed by atoms with Gasteiger partial charge >= 0.3 is 0 Å². The third kappa shape index (κ3) is 6.78. The van der Waals surface area contributed by atoms with Crippen LogP contribution in [0.1, 0.15) is 30.7 Å². The molecule has 0 radical (unpaired) electrons. The Morgan fingerprint density at radius 1 is 1.12 bits per heavy atom. The molecule has 0 aliphatic carbocycles. The van der Waals surface area contributed by atoms with Crippen LogP contribution in [0.4, 0.5) is 11.4 Å². The van der Waals surface area contributed by atoms with Gasteiger partial charge in [-0.15, -0.1) is 0 Å². The lowest BCUT2D eigenvalue weighted by Gasteiger charge is -2.37. The molecule has 1 aromatic heterocycles. The van der Waals surface area contributed by atoms with E-state index in [1.807, 2.05) is 55.4 Å². The number of hydrogen-bond donors (Lipinski definition) is 3. The Kier molecular flexibility index (Phi) is 8.76. The van der Waals surface area contributed by atoms with E-state index in [1.165, 1.54) is 0 Å². The van der Waals surface area contributed by atoms with Gasteiger partial charge in [-0.2, -0.15) is 0 Å². The SMILES string of the molecule is CN(C)c1cccc2c1N(Cc1ccccn1)C(=O)C(NC(=O)C(Cc1ccc(Cl)cc1)NC(=O)C(C)(C)N)C2. The third-order valence-electron chi connectivity index (χ3n) is 6.76. The number of fused-ring (bicyclic) bond motifs is 1. The minimum absolute atomic E-state index is 0.199. The molecule has 0 saturated heterocycles. The zero-order valence-electron chi connectivity index (χ0n) is 23.1. The summed E-state index contributed by atoms with van der Waals surface area (Å²) < 4.78 is 0. The van der Waals surface area contributed by atoms with Gasteiger partial charge in [0.15, 0.2) is 0 Å². The minimum atomic E-state index is -1.19. The summed E-state index contributed by atoms with van der Waals surface area (Å²) in [6, 6.07) is 16.7. The first-order chi connectivity index (χ1) is 18.9. The molecule has 3 amide bonds. The smallest absolute Gasteiger partial charge is 0.250 e. The Balaban J connectivity index is 1.64. The molecule has 210 valence electrons. The fourth-order valence-corrected chi connectivity index (χ4v) is 4.75. The maximum atomic E-state index is 13.9. The van der Waals surface area contributed by atoms with E-state index in [0.717, 1.165) is 28.2 Å². The number of aromatic nitrogens is 1. The van der Waals surface area contributed by atoms with Crippen molar-refractivity contribution in [3.63, 3.8) is 0 Å². The number of pyridine rings is 1. The number of amides is 3. The van der Waals surface area contributed by atoms with Crippen LogP contribution in [0.2, 0.25) is 5.02 Å². The summed E-state index contributed by atoms with van der Waals surface area (Å²) in [5.74, 6) is -1.21. The highest BCUT2D eigenvalue weighted by atomic mass is 35.5. The first-order valence-corrected chi connectivity index (χ1v) is 13.5. The van der Waals surface area contributed by atoms with Crippen molar-refractivity contribution in [2.75, 3.05) is 23.9 Å². The van der Waals surface area contributed by atoms with Gasteiger partial charge in [0.2, 0.25) is 17.7 Å². The number of carbonyl (C=O) groups is 3. The van der Waals surface area contributed by atoms with Gasteiger partial charge in [-0.05, 0) is 55.3 Å². The lowest BCUT2D eigenvalue weighted by Crippen LogP contribution is -2.60. The molecular formula is C30H35ClN6O3. The van der Waals surface area contributed by atoms with Gasteiger partial charge in [-0.3, -0.25) is 19.4 Å². The van der Waals surface area contributed by atoms with Crippen LogP contribution in [-0.4, -0.2) is 54.4 Å². The van der Waals surface area contributed by atoms with Crippen molar-refractivity contribution in [1.82, 2.24) is 15.6 Å². The second-order valence-electron chi connectivity index (χ2n) is 10.8. The number of nitrogens with zero attached hydrogens (tertiary/aromatic N) is 3. The van der Waals surface area contributed by atoms with E-state index in [-0.39, 0.29) is 18.9 Å². The molecule has 1 aliphatic rings. The molecule has 3 aromatic rings. The number of rotatable bonds is 9. The van der Waals surface area contributed by atoms with Gasteiger partial charge in [0.05, 0.1) is 29.2 Å². The Morgan fingerprint density at radius 2 is 1.85 bits per heavy atom. The van der Waals surface area contributed by atoms with Crippen molar-refractivity contribution in [1.29, 1.82) is 0 Å². The van der Waals surface area contributed by atoms with Gasteiger partial charge < -0.3 is 26.2 Å². The van der Waals surface area contributed by atoms with E-state index in [9.17, 15) is 14.4 Å². The van der Waals surface area contributed by atoms with Gasteiger partial charge in [0.1, 0.15) is 12.1 Å². The Hall–Kier alpha value is -3.95. The highest BCUT2D eigenvalue weighted by molar-refractivity contribution is 6.30. The zero-order chi connectivity index (χ0) is 29.0. The second-order valence-corrected chi connectivity index (χ2v) is 11.2. The van der Waals surface area contributed by atoms with E-state index in [2.05, 4.69) is 15.6 Å². The molecule has 0 saturated carbocycles. The van der Waals surface area contributed by atoms with E-state index in [4.69, 9.17) is 17.3 Å². The van der Waals surface area contributed by atoms with Crippen LogP contribution in [0.15, 0.2) is 66.9 Å². The fraction of sp³-hybridized carbons (Fsp3) is 0.333. The van der Waals surface area contributed by atoms with Gasteiger partial charge in [-0.25, -0.2) is 0 Å². The minimum Gasteiger partial charge on any atom is -0.376 e. The van der Waals surface area contributed by atoms with Crippen LogP contribution in [0.3, 0.4) is 0 Å². The van der Waals surface area contributed by atoms with Crippen LogP contribution >= 0.6 is 11.6 Å². The summed E-state index contributed by atoms with van der Waals surface area (Å²) in [7, 11) is 3.85. The molecule has 2 atom stereocenters. The summed E-state index contributed by atoms with van der Waals surface area (Å²) in [4.78, 5) is 48.4. The normalized spacial score (nSPS) is 15.7. The highest BCUT2D eigenvalue weighted by Gasteiger charge is 2.37. The predicted molar refractivity (Wildman–Crippen MR) is 157 cm³/mol. The molecule has 40 heavy (non-hydrogen) atoms. The summed E-state index contributed by atoms with van der Waals surface area (Å²) >= 11 is 6.03. The van der Waals surface area contributed by atoms with Crippen molar-refractivity contribution < 1.29 is 14.4 Å². The number of halogens is 1. The topological polar surface area (TPSA) is 121 Å². The molecule has 2 aromatic carbocycles. The summed E-state index contributed by atoms with van der Waals surface area (Å²) in [5, 5.41) is 6.25. The molecule has 0 bridgehead atoms. The maximum absolute atomic E-state index is 13.9. The van der Waals surface area contributed by atoms with E-state index >= 15 is 0 Å². The third-order valence-corrected chi connectivity index (χ3v) is 7.01. The fourth-order valence-electron chi connectivity index (χ4n) is 4.63. The van der Waals surface area contributed by atoms with Crippen LogP contribution in [0.25, 0.3) is 0 Å². The maximum Gasteiger partial charge on any atom is 0.250 e. The number of nitrogens with one attached hydrogen (secondary N) is 2. The van der Waals surface area contributed by atoms with Crippen LogP contribution in [0, 0.1) is 0 Å². The number of nitrogens with two attached hydrogens (primary N) is 1. The number of anilines is 2. The molecule has 2 heterocycles. The van der Waals surface area contributed by atoms with Crippen molar-refractivity contribution >= 4 is 40.7 Å². The van der Waals surface area contributed by atoms with Crippen LogP contribution in [0.5, 0.6) is 0 Å². The summed E-state index contributed by atoms with van der Waals surface area (Å²) in [6.07, 6.45) is 2.19. The molecular weight excluding hydrogens is 528 g/mol. The number of benzene rings is 2. The van der Waals surface area contributed by atoms with E-state index in [0.29, 0.717) is 11.4 Å². The first kappa shape index (κ1) is 29.0. The summed E-state index contributed by atoms with van der Waals surface area (Å²) in [5.41, 5.74) is 8.94. The van der Waals surface area contributed by atoms with E-state index in [1.54, 1.807) is 49.2 Å². The highest BCUT2D eigenvalue weighted by Crippen LogP contribution is 2.37. The Morgan fingerprint density at radius 3 is 2.48 bits per heavy atom. The van der Waals surface area contributed by atoms with Crippen molar-refractivity contribution in [2.45, 2.75) is 50.9 Å². The monoisotopic (exact) mass is 562 g/mol. The molecule has 0 spiro atoms. The molecule has 4 N–H and O–H groups in total. The van der Waals surface area contributed by atoms with Crippen molar-refractivity contribution in [2.24, 2.45) is 5.73 Å². The molecule has 1 aliphatic heterocycles. The van der Waals surface area contributed by atoms with Crippen LogP contribution < -0.4 is 26.2 Å². The summed E-state index contributed by atoms with van der Waals surface area (Å²) in [6.45, 7) is 3.38. The molecule has 9 nitrogen and oxygen atoms in total. The van der Waals surface area contributed by atoms with Crippen LogP contribution in [-0.2, 0) is 33.8 Å². The standard InChI is InChI=1S/C30H35ClN6O3/c1-30(2,32)29(40)35-23(16-19-11-13-21(31)14-12-19)27(38)34-24-17-20-8-7-10-25(36(3)4)26(20)37(28(24)39)18-22-9-5-6-15-33-22/h5-15,23-24H,16-18,32H2,1-4H3,(H,34,38)(H,35,40). The lowest BCUT2D eigenvalue weighted by molar-refractivity contribution is -0.133. The van der Waals surface area contributed by atoms with Gasteiger partial charge in [0.25, 0.3) is 0 Å². The quantitative estimate of drug-likeness (QED) is 0.369. The average Bonchev–Trinajstić information content (AvgIpc) is 2.91. The zero-order valence-corrected chi connectivity index (χ0v) is 23.9. The largest absolute Gasteiger partial charge is 0.376 e. The number of hydrogen-bond acceptors (Lipinski definition) is 6. The van der Waals surface area contributed by atoms with E-state index < -0.39 is 29.4 Å². The predicted octanol–water partition coefficient (Wildman–Crippen LogP) is 2.84. The molecule has 0 fully saturated rings. The molecule has 4 rings (SSSR count). The number of para-hydroxylation sites is 1. The molecule has 2 unspecified atom stereocenters. The van der Waals surface area contributed by atoms with Crippen molar-refractivity contribution in [3.05, 3.63) is 88.7 Å². The average molecular weight is 563 g/mol.